The van der Waals surface area contributed by atoms with Crippen LogP contribution in [0.25, 0.3) is 0 Å². The van der Waals surface area contributed by atoms with Crippen LogP contribution in [0, 0.1) is 0 Å². The van der Waals surface area contributed by atoms with Crippen LogP contribution in [0.1, 0.15) is 124 Å². The molecule has 0 saturated carbocycles. The molecule has 0 unspecified atom stereocenters. The van der Waals surface area contributed by atoms with E-state index >= 15 is 0 Å². The summed E-state index contributed by atoms with van der Waals surface area (Å²) in [5, 5.41) is 3.11. The van der Waals surface area contributed by atoms with Gasteiger partial charge in [0, 0.05) is 8.80 Å². The smallest absolute Gasteiger partial charge is 0.0305 e. The van der Waals surface area contributed by atoms with Crippen molar-refractivity contribution in [1.29, 1.82) is 0 Å². The first-order valence-corrected chi connectivity index (χ1v) is 15.5. The van der Waals surface area contributed by atoms with E-state index in [-0.39, 0.29) is 8.80 Å². The molecule has 0 rings (SSSR count). The summed E-state index contributed by atoms with van der Waals surface area (Å²) in [5.41, 5.74) is 0. The van der Waals surface area contributed by atoms with E-state index in [4.69, 9.17) is 0 Å². The topological polar surface area (TPSA) is 12.0 Å². The Bertz CT molecular complexity index is 216. The molecule has 0 heterocycles. The van der Waals surface area contributed by atoms with Crippen molar-refractivity contribution in [2.24, 2.45) is 0 Å². The molecule has 0 aromatic heterocycles. The number of unbranched alkanes of at least 4 members (excludes halogenated alkanes) is 15. The molecule has 160 valence electrons. The summed E-state index contributed by atoms with van der Waals surface area (Å²) in [6.45, 7) is 13.6. The lowest BCUT2D eigenvalue weighted by Gasteiger charge is -2.04. The summed E-state index contributed by atoms with van der Waals surface area (Å²) in [7, 11) is -0.263. The van der Waals surface area contributed by atoms with Gasteiger partial charge in [-0.3, -0.25) is 0 Å². The third-order valence-corrected chi connectivity index (χ3v) is 6.70. The van der Waals surface area contributed by atoms with Crippen molar-refractivity contribution in [3.8, 4) is 0 Å². The van der Waals surface area contributed by atoms with Gasteiger partial charge in [-0.05, 0) is 13.1 Å². The van der Waals surface area contributed by atoms with Crippen molar-refractivity contribution in [2.75, 3.05) is 13.1 Å². The Balaban J connectivity index is 0. The molecule has 0 atom stereocenters. The van der Waals surface area contributed by atoms with Gasteiger partial charge in [-0.15, -0.1) is 0 Å². The third kappa shape index (κ3) is 31.9. The van der Waals surface area contributed by atoms with Gasteiger partial charge >= 0.3 is 0 Å². The van der Waals surface area contributed by atoms with Crippen LogP contribution in [-0.2, 0) is 0 Å². The molecule has 2 heteroatoms. The van der Waals surface area contributed by atoms with Gasteiger partial charge in [-0.1, -0.05) is 143 Å². The SMILES string of the molecule is CCCCCCCCCCCCCCCCCC[SiH](C)C.CCNCC. The quantitative estimate of drug-likeness (QED) is 0.174. The number of hydrogen-bond acceptors (Lipinski definition) is 1. The van der Waals surface area contributed by atoms with Crippen molar-refractivity contribution >= 4 is 8.80 Å². The Hall–Kier alpha value is 0.177. The van der Waals surface area contributed by atoms with E-state index in [9.17, 15) is 0 Å². The number of rotatable bonds is 19. The van der Waals surface area contributed by atoms with E-state index in [0.29, 0.717) is 0 Å². The first kappa shape index (κ1) is 28.4. The minimum Gasteiger partial charge on any atom is -0.317 e. The van der Waals surface area contributed by atoms with Gasteiger partial charge < -0.3 is 5.32 Å². The van der Waals surface area contributed by atoms with Crippen molar-refractivity contribution in [2.45, 2.75) is 143 Å². The van der Waals surface area contributed by atoms with E-state index in [1.165, 1.54) is 103 Å². The molecule has 0 amide bonds. The molecular formula is C24H55NSi. The summed E-state index contributed by atoms with van der Waals surface area (Å²) >= 11 is 0. The Morgan fingerprint density at radius 2 is 0.769 bits per heavy atom. The second-order valence-electron chi connectivity index (χ2n) is 8.44. The van der Waals surface area contributed by atoms with E-state index in [2.05, 4.69) is 39.2 Å². The van der Waals surface area contributed by atoms with Gasteiger partial charge in [0.15, 0.2) is 0 Å². The average Bonchev–Trinajstić information content (AvgIpc) is 2.62. The number of hydrogen-bond donors (Lipinski definition) is 1. The molecule has 0 aliphatic rings. The lowest BCUT2D eigenvalue weighted by molar-refractivity contribution is 0.531. The van der Waals surface area contributed by atoms with Crippen LogP contribution < -0.4 is 5.32 Å². The molecule has 0 aromatic carbocycles. The highest BCUT2D eigenvalue weighted by Gasteiger charge is 1.96. The standard InChI is InChI=1S/C20H44Si.C4H11N/c1-4-5-6-7-8-9-10-11-12-13-14-15-16-17-18-19-20-21(2)3;1-3-5-4-2/h21H,4-20H2,1-3H3;5H,3-4H2,1-2H3. The van der Waals surface area contributed by atoms with Crippen molar-refractivity contribution in [3.05, 3.63) is 0 Å². The van der Waals surface area contributed by atoms with E-state index in [0.717, 1.165) is 13.1 Å². The second-order valence-corrected chi connectivity index (χ2v) is 11.8. The van der Waals surface area contributed by atoms with Gasteiger partial charge in [0.25, 0.3) is 0 Å². The molecule has 0 saturated heterocycles. The van der Waals surface area contributed by atoms with Crippen molar-refractivity contribution in [1.82, 2.24) is 5.32 Å². The normalized spacial score (nSPS) is 10.8. The van der Waals surface area contributed by atoms with Gasteiger partial charge in [0.1, 0.15) is 0 Å². The lowest BCUT2D eigenvalue weighted by Crippen LogP contribution is -2.09. The fourth-order valence-electron chi connectivity index (χ4n) is 3.35. The van der Waals surface area contributed by atoms with Gasteiger partial charge in [-0.25, -0.2) is 0 Å². The van der Waals surface area contributed by atoms with Gasteiger partial charge in [0.05, 0.1) is 0 Å². The van der Waals surface area contributed by atoms with Crippen LogP contribution >= 0.6 is 0 Å². The molecular weight excluding hydrogens is 330 g/mol. The molecule has 0 radical (unpaired) electrons. The van der Waals surface area contributed by atoms with Crippen LogP contribution in [0.5, 0.6) is 0 Å². The zero-order valence-electron chi connectivity index (χ0n) is 19.5. The van der Waals surface area contributed by atoms with Crippen molar-refractivity contribution in [3.63, 3.8) is 0 Å². The van der Waals surface area contributed by atoms with Crippen LogP contribution in [0.2, 0.25) is 19.1 Å². The fraction of sp³-hybridized carbons (Fsp3) is 1.00. The predicted octanol–water partition coefficient (Wildman–Crippen LogP) is 8.35. The van der Waals surface area contributed by atoms with Crippen LogP contribution in [0.15, 0.2) is 0 Å². The molecule has 0 fully saturated rings. The minimum absolute atomic E-state index is 0.263. The maximum Gasteiger partial charge on any atom is 0.0305 e. The number of nitrogens with one attached hydrogen (secondary N) is 1. The zero-order chi connectivity index (χ0) is 19.7. The molecule has 0 bridgehead atoms. The van der Waals surface area contributed by atoms with Crippen LogP contribution in [0.4, 0.5) is 0 Å². The fourth-order valence-corrected chi connectivity index (χ4v) is 4.46. The average molecular weight is 386 g/mol. The maximum atomic E-state index is 3.11. The molecule has 0 aromatic rings. The highest BCUT2D eigenvalue weighted by molar-refractivity contribution is 6.55. The minimum atomic E-state index is -0.263. The van der Waals surface area contributed by atoms with Gasteiger partial charge in [-0.2, -0.15) is 0 Å². The summed E-state index contributed by atoms with van der Waals surface area (Å²) in [6, 6.07) is 1.57. The summed E-state index contributed by atoms with van der Waals surface area (Å²) in [5.74, 6) is 0. The largest absolute Gasteiger partial charge is 0.317 e. The first-order chi connectivity index (χ1) is 12.7. The Labute approximate surface area is 170 Å². The summed E-state index contributed by atoms with van der Waals surface area (Å²) in [4.78, 5) is 0. The summed E-state index contributed by atoms with van der Waals surface area (Å²) < 4.78 is 0. The summed E-state index contributed by atoms with van der Waals surface area (Å²) in [6.07, 6.45) is 23.7. The molecule has 0 aliphatic carbocycles. The van der Waals surface area contributed by atoms with E-state index in [1.54, 1.807) is 6.04 Å². The van der Waals surface area contributed by atoms with Crippen molar-refractivity contribution < 1.29 is 0 Å². The monoisotopic (exact) mass is 385 g/mol. The Morgan fingerprint density at radius 3 is 1.00 bits per heavy atom. The molecule has 1 nitrogen and oxygen atoms in total. The lowest BCUT2D eigenvalue weighted by atomic mass is 10.0. The molecule has 0 aliphatic heterocycles. The zero-order valence-corrected chi connectivity index (χ0v) is 20.7. The first-order valence-electron chi connectivity index (χ1n) is 12.4. The third-order valence-electron chi connectivity index (χ3n) is 5.14. The van der Waals surface area contributed by atoms with E-state index < -0.39 is 0 Å². The Morgan fingerprint density at radius 1 is 0.462 bits per heavy atom. The second kappa shape index (κ2) is 27.4. The molecule has 0 spiro atoms. The Kier molecular flexibility index (Phi) is 29.9. The predicted molar refractivity (Wildman–Crippen MR) is 127 cm³/mol. The maximum absolute atomic E-state index is 3.11. The van der Waals surface area contributed by atoms with Gasteiger partial charge in [0.2, 0.25) is 0 Å². The van der Waals surface area contributed by atoms with Crippen LogP contribution in [-0.4, -0.2) is 21.9 Å². The highest BCUT2D eigenvalue weighted by Crippen LogP contribution is 2.14. The molecule has 26 heavy (non-hydrogen) atoms. The highest BCUT2D eigenvalue weighted by atomic mass is 28.3. The van der Waals surface area contributed by atoms with E-state index in [1.807, 2.05) is 0 Å². The molecule has 1 N–H and O–H groups in total. The van der Waals surface area contributed by atoms with Crippen LogP contribution in [0.3, 0.4) is 0 Å².